The second kappa shape index (κ2) is 7.75. The van der Waals surface area contributed by atoms with Gasteiger partial charge < -0.3 is 4.90 Å². The molecule has 29 heavy (non-hydrogen) atoms. The van der Waals surface area contributed by atoms with E-state index in [1.54, 1.807) is 17.5 Å². The highest BCUT2D eigenvalue weighted by atomic mass is 32.1. The van der Waals surface area contributed by atoms with Crippen LogP contribution in [0.2, 0.25) is 0 Å². The van der Waals surface area contributed by atoms with E-state index in [0.29, 0.717) is 13.0 Å². The number of piperidine rings is 1. The fourth-order valence-electron chi connectivity index (χ4n) is 3.87. The van der Waals surface area contributed by atoms with E-state index in [4.69, 9.17) is 10.1 Å². The highest BCUT2D eigenvalue weighted by Gasteiger charge is 2.27. The van der Waals surface area contributed by atoms with Crippen molar-refractivity contribution in [3.05, 3.63) is 71.1 Å². The van der Waals surface area contributed by atoms with Crippen LogP contribution in [-0.4, -0.2) is 43.5 Å². The normalized spacial score (nSPS) is 17.0. The molecule has 1 atom stereocenters. The summed E-state index contributed by atoms with van der Waals surface area (Å²) in [6, 6.07) is 10.0. The lowest BCUT2D eigenvalue weighted by molar-refractivity contribution is -0.131. The van der Waals surface area contributed by atoms with Gasteiger partial charge in [0, 0.05) is 48.7 Å². The molecular formula is C22H21N5OS. The van der Waals surface area contributed by atoms with Gasteiger partial charge in [-0.3, -0.25) is 9.78 Å². The third-order valence-corrected chi connectivity index (χ3v) is 6.15. The van der Waals surface area contributed by atoms with E-state index < -0.39 is 0 Å². The Morgan fingerprint density at radius 2 is 2.17 bits per heavy atom. The van der Waals surface area contributed by atoms with E-state index in [-0.39, 0.29) is 11.8 Å². The largest absolute Gasteiger partial charge is 0.342 e. The van der Waals surface area contributed by atoms with Crippen LogP contribution in [0.25, 0.3) is 16.8 Å². The topological polar surface area (TPSA) is 63.4 Å². The zero-order valence-electron chi connectivity index (χ0n) is 15.9. The van der Waals surface area contributed by atoms with Gasteiger partial charge in [0.1, 0.15) is 0 Å². The minimum absolute atomic E-state index is 0.178. The summed E-state index contributed by atoms with van der Waals surface area (Å²) in [7, 11) is 0. The van der Waals surface area contributed by atoms with Gasteiger partial charge in [0.15, 0.2) is 11.5 Å². The molecule has 6 nitrogen and oxygen atoms in total. The van der Waals surface area contributed by atoms with Crippen molar-refractivity contribution in [2.24, 2.45) is 0 Å². The second-order valence-corrected chi connectivity index (χ2v) is 8.20. The summed E-state index contributed by atoms with van der Waals surface area (Å²) < 4.78 is 1.84. The number of amides is 1. The molecule has 0 aliphatic carbocycles. The molecule has 0 radical (unpaired) electrons. The number of thiophene rings is 1. The lowest BCUT2D eigenvalue weighted by Crippen LogP contribution is -2.40. The molecule has 0 unspecified atom stereocenters. The first-order valence-corrected chi connectivity index (χ1v) is 10.8. The van der Waals surface area contributed by atoms with Crippen LogP contribution < -0.4 is 0 Å². The van der Waals surface area contributed by atoms with Gasteiger partial charge in [-0.25, -0.2) is 9.50 Å². The van der Waals surface area contributed by atoms with Crippen LogP contribution in [0.4, 0.5) is 0 Å². The van der Waals surface area contributed by atoms with Crippen LogP contribution in [0.5, 0.6) is 0 Å². The second-order valence-electron chi connectivity index (χ2n) is 7.42. The fourth-order valence-corrected chi connectivity index (χ4v) is 4.54. The molecular weight excluding hydrogens is 382 g/mol. The summed E-state index contributed by atoms with van der Waals surface area (Å²) in [4.78, 5) is 23.6. The summed E-state index contributed by atoms with van der Waals surface area (Å²) >= 11 is 1.63. The van der Waals surface area contributed by atoms with Gasteiger partial charge >= 0.3 is 0 Å². The number of carbonyl (C=O) groups excluding carboxylic acids is 1. The Morgan fingerprint density at radius 1 is 1.21 bits per heavy atom. The van der Waals surface area contributed by atoms with Crippen molar-refractivity contribution in [1.82, 2.24) is 24.5 Å². The van der Waals surface area contributed by atoms with Gasteiger partial charge in [0.05, 0.1) is 6.42 Å². The average Bonchev–Trinajstić information content (AvgIpc) is 3.43. The van der Waals surface area contributed by atoms with Crippen molar-refractivity contribution in [2.45, 2.75) is 25.2 Å². The van der Waals surface area contributed by atoms with Gasteiger partial charge in [0.25, 0.3) is 0 Å². The first-order chi connectivity index (χ1) is 14.3. The quantitative estimate of drug-likeness (QED) is 0.520. The van der Waals surface area contributed by atoms with E-state index in [9.17, 15) is 4.79 Å². The van der Waals surface area contributed by atoms with Crippen molar-refractivity contribution < 1.29 is 4.79 Å². The summed E-state index contributed by atoms with van der Waals surface area (Å²) in [6.07, 6.45) is 8.07. The standard InChI is InChI=1S/C22H21N5OS/c28-21(11-16-7-10-29-15-16)26-9-2-4-19(13-26)22-24-20-6-5-18(14-27(20)25-22)17-3-1-8-23-12-17/h1,3,5-8,10,12,14-15,19H,2,4,9,11,13H2/t19-/m1/s1. The average molecular weight is 404 g/mol. The number of hydrogen-bond donors (Lipinski definition) is 0. The highest BCUT2D eigenvalue weighted by Crippen LogP contribution is 2.26. The van der Waals surface area contributed by atoms with Crippen molar-refractivity contribution in [2.75, 3.05) is 13.1 Å². The van der Waals surface area contributed by atoms with Crippen LogP contribution in [-0.2, 0) is 11.2 Å². The van der Waals surface area contributed by atoms with E-state index in [1.165, 1.54) is 0 Å². The first kappa shape index (κ1) is 18.0. The number of nitrogens with zero attached hydrogens (tertiary/aromatic N) is 5. The molecule has 5 heterocycles. The number of fused-ring (bicyclic) bond motifs is 1. The number of carbonyl (C=O) groups is 1. The smallest absolute Gasteiger partial charge is 0.227 e. The van der Waals surface area contributed by atoms with Crippen LogP contribution >= 0.6 is 11.3 Å². The van der Waals surface area contributed by atoms with Crippen LogP contribution in [0.1, 0.15) is 30.1 Å². The van der Waals surface area contributed by atoms with Gasteiger partial charge in [0.2, 0.25) is 5.91 Å². The summed E-state index contributed by atoms with van der Waals surface area (Å²) in [5.74, 6) is 1.19. The number of aromatic nitrogens is 4. The molecule has 1 aliphatic heterocycles. The molecule has 5 rings (SSSR count). The maximum atomic E-state index is 12.7. The van der Waals surface area contributed by atoms with Crippen LogP contribution in [0.3, 0.4) is 0 Å². The minimum atomic E-state index is 0.178. The first-order valence-electron chi connectivity index (χ1n) is 9.82. The Bertz CT molecular complexity index is 1120. The maximum Gasteiger partial charge on any atom is 0.227 e. The monoisotopic (exact) mass is 403 g/mol. The molecule has 1 saturated heterocycles. The highest BCUT2D eigenvalue weighted by molar-refractivity contribution is 7.08. The fraction of sp³-hybridized carbons (Fsp3) is 0.273. The third kappa shape index (κ3) is 3.78. The minimum Gasteiger partial charge on any atom is -0.342 e. The molecule has 146 valence electrons. The van der Waals surface area contributed by atoms with Crippen molar-refractivity contribution in [3.63, 3.8) is 0 Å². The lowest BCUT2D eigenvalue weighted by atomic mass is 9.97. The molecule has 0 N–H and O–H groups in total. The third-order valence-electron chi connectivity index (χ3n) is 5.42. The molecule has 1 fully saturated rings. The Hall–Kier alpha value is -3.06. The van der Waals surface area contributed by atoms with E-state index in [2.05, 4.69) is 4.98 Å². The van der Waals surface area contributed by atoms with E-state index in [1.807, 2.05) is 62.9 Å². The van der Waals surface area contributed by atoms with Crippen molar-refractivity contribution >= 4 is 22.9 Å². The number of likely N-dealkylation sites (tertiary alicyclic amines) is 1. The summed E-state index contributed by atoms with van der Waals surface area (Å²) in [6.45, 7) is 1.51. The van der Waals surface area contributed by atoms with E-state index in [0.717, 1.165) is 47.5 Å². The summed E-state index contributed by atoms with van der Waals surface area (Å²) in [5.41, 5.74) is 4.03. The Labute approximate surface area is 172 Å². The van der Waals surface area contributed by atoms with Crippen molar-refractivity contribution in [3.8, 4) is 11.1 Å². The Kier molecular flexibility index (Phi) is 4.81. The summed E-state index contributed by atoms with van der Waals surface area (Å²) in [5, 5.41) is 8.80. The molecule has 1 amide bonds. The predicted octanol–water partition coefficient (Wildman–Crippen LogP) is 3.80. The number of pyridine rings is 2. The lowest BCUT2D eigenvalue weighted by Gasteiger charge is -2.31. The maximum absolute atomic E-state index is 12.7. The van der Waals surface area contributed by atoms with Gasteiger partial charge in [-0.2, -0.15) is 16.4 Å². The van der Waals surface area contributed by atoms with E-state index >= 15 is 0 Å². The Balaban J connectivity index is 1.35. The Morgan fingerprint density at radius 3 is 3.00 bits per heavy atom. The van der Waals surface area contributed by atoms with Crippen LogP contribution in [0, 0.1) is 0 Å². The predicted molar refractivity (Wildman–Crippen MR) is 113 cm³/mol. The zero-order valence-corrected chi connectivity index (χ0v) is 16.8. The molecule has 7 heteroatoms. The number of rotatable bonds is 4. The van der Waals surface area contributed by atoms with Gasteiger partial charge in [-0.15, -0.1) is 0 Å². The molecule has 0 saturated carbocycles. The SMILES string of the molecule is O=C(Cc1ccsc1)N1CCC[C@@H](c2nc3ccc(-c4cccnc4)cn3n2)C1. The molecule has 1 aliphatic rings. The number of hydrogen-bond acceptors (Lipinski definition) is 5. The van der Waals surface area contributed by atoms with Crippen LogP contribution in [0.15, 0.2) is 59.7 Å². The molecule has 0 bridgehead atoms. The van der Waals surface area contributed by atoms with Gasteiger partial charge in [-0.05, 0) is 53.4 Å². The van der Waals surface area contributed by atoms with Crippen molar-refractivity contribution in [1.29, 1.82) is 0 Å². The molecule has 4 aromatic rings. The molecule has 0 aromatic carbocycles. The van der Waals surface area contributed by atoms with Gasteiger partial charge in [-0.1, -0.05) is 6.07 Å². The zero-order chi connectivity index (χ0) is 19.6. The molecule has 0 spiro atoms. The molecule has 4 aromatic heterocycles.